The van der Waals surface area contributed by atoms with Gasteiger partial charge in [-0.25, -0.2) is 8.78 Å². The van der Waals surface area contributed by atoms with Gasteiger partial charge in [-0.2, -0.15) is 0 Å². The second-order valence-corrected chi connectivity index (χ2v) is 4.12. The van der Waals surface area contributed by atoms with Gasteiger partial charge < -0.3 is 15.8 Å². The van der Waals surface area contributed by atoms with E-state index in [1.807, 2.05) is 6.92 Å². The van der Waals surface area contributed by atoms with E-state index in [0.29, 0.717) is 13.2 Å². The van der Waals surface area contributed by atoms with Gasteiger partial charge in [0, 0.05) is 18.3 Å². The maximum atomic E-state index is 13.0. The lowest BCUT2D eigenvalue weighted by Gasteiger charge is -2.08. The SMILES string of the molecule is C=C(C)COCCNC(=O)c1cc(F)c(F)cc1N. The fourth-order valence-corrected chi connectivity index (χ4v) is 1.34. The van der Waals surface area contributed by atoms with Crippen LogP contribution in [0.25, 0.3) is 0 Å². The molecule has 6 heteroatoms. The molecule has 0 radical (unpaired) electrons. The molecule has 0 fully saturated rings. The Morgan fingerprint density at radius 2 is 2.05 bits per heavy atom. The van der Waals surface area contributed by atoms with E-state index >= 15 is 0 Å². The summed E-state index contributed by atoms with van der Waals surface area (Å²) in [5.74, 6) is -2.77. The van der Waals surface area contributed by atoms with Crippen LogP contribution in [0.4, 0.5) is 14.5 Å². The Bertz CT molecular complexity index is 490. The van der Waals surface area contributed by atoms with Crippen LogP contribution in [-0.4, -0.2) is 25.7 Å². The molecule has 0 aliphatic heterocycles. The number of hydrogen-bond acceptors (Lipinski definition) is 3. The Balaban J connectivity index is 2.50. The van der Waals surface area contributed by atoms with Gasteiger partial charge in [-0.3, -0.25) is 4.79 Å². The lowest BCUT2D eigenvalue weighted by molar-refractivity contribution is 0.0927. The van der Waals surface area contributed by atoms with Crippen LogP contribution in [0.1, 0.15) is 17.3 Å². The highest BCUT2D eigenvalue weighted by molar-refractivity contribution is 5.99. The van der Waals surface area contributed by atoms with Crippen molar-refractivity contribution in [2.24, 2.45) is 0 Å². The molecule has 1 aromatic rings. The molecule has 0 aliphatic carbocycles. The number of carbonyl (C=O) groups is 1. The van der Waals surface area contributed by atoms with Crippen molar-refractivity contribution in [3.05, 3.63) is 41.5 Å². The molecule has 19 heavy (non-hydrogen) atoms. The average molecular weight is 270 g/mol. The molecule has 4 nitrogen and oxygen atoms in total. The van der Waals surface area contributed by atoms with E-state index < -0.39 is 17.5 Å². The van der Waals surface area contributed by atoms with Crippen molar-refractivity contribution in [1.82, 2.24) is 5.32 Å². The summed E-state index contributed by atoms with van der Waals surface area (Å²) < 4.78 is 31.0. The summed E-state index contributed by atoms with van der Waals surface area (Å²) in [5.41, 5.74) is 6.11. The molecule has 0 saturated heterocycles. The van der Waals surface area contributed by atoms with E-state index in [0.717, 1.165) is 17.7 Å². The first-order valence-corrected chi connectivity index (χ1v) is 5.66. The number of ether oxygens (including phenoxy) is 1. The normalized spacial score (nSPS) is 10.3. The molecule has 0 spiro atoms. The molecular weight excluding hydrogens is 254 g/mol. The van der Waals surface area contributed by atoms with Gasteiger partial charge in [-0.05, 0) is 13.0 Å². The second-order valence-electron chi connectivity index (χ2n) is 4.12. The minimum atomic E-state index is -1.11. The van der Waals surface area contributed by atoms with Gasteiger partial charge in [0.2, 0.25) is 0 Å². The number of anilines is 1. The molecule has 1 rings (SSSR count). The third kappa shape index (κ3) is 4.67. The molecule has 1 amide bonds. The predicted molar refractivity (Wildman–Crippen MR) is 68.7 cm³/mol. The number of hydrogen-bond donors (Lipinski definition) is 2. The van der Waals surface area contributed by atoms with Crippen molar-refractivity contribution in [3.63, 3.8) is 0 Å². The van der Waals surface area contributed by atoms with Crippen LogP contribution in [0, 0.1) is 11.6 Å². The lowest BCUT2D eigenvalue weighted by Crippen LogP contribution is -2.28. The number of benzene rings is 1. The maximum absolute atomic E-state index is 13.0. The smallest absolute Gasteiger partial charge is 0.253 e. The van der Waals surface area contributed by atoms with E-state index in [2.05, 4.69) is 11.9 Å². The first-order chi connectivity index (χ1) is 8.91. The van der Waals surface area contributed by atoms with Gasteiger partial charge in [0.15, 0.2) is 11.6 Å². The zero-order valence-corrected chi connectivity index (χ0v) is 10.6. The predicted octanol–water partition coefficient (Wildman–Crippen LogP) is 1.87. The summed E-state index contributed by atoms with van der Waals surface area (Å²) in [4.78, 5) is 11.7. The number of halogens is 2. The summed E-state index contributed by atoms with van der Waals surface area (Å²) >= 11 is 0. The van der Waals surface area contributed by atoms with E-state index in [1.165, 1.54) is 0 Å². The molecule has 3 N–H and O–H groups in total. The summed E-state index contributed by atoms with van der Waals surface area (Å²) in [6.45, 7) is 6.42. The third-order valence-electron chi connectivity index (χ3n) is 2.22. The quantitative estimate of drug-likeness (QED) is 0.471. The van der Waals surface area contributed by atoms with Crippen molar-refractivity contribution in [2.45, 2.75) is 6.92 Å². The number of nitrogens with two attached hydrogens (primary N) is 1. The number of amides is 1. The summed E-state index contributed by atoms with van der Waals surface area (Å²) in [7, 11) is 0. The summed E-state index contributed by atoms with van der Waals surface area (Å²) in [5, 5.41) is 2.50. The van der Waals surface area contributed by atoms with E-state index in [4.69, 9.17) is 10.5 Å². The fourth-order valence-electron chi connectivity index (χ4n) is 1.34. The molecule has 0 aliphatic rings. The second kappa shape index (κ2) is 6.84. The van der Waals surface area contributed by atoms with Gasteiger partial charge in [0.05, 0.1) is 18.8 Å². The first-order valence-electron chi connectivity index (χ1n) is 5.66. The molecule has 0 unspecified atom stereocenters. The Morgan fingerprint density at radius 3 is 2.68 bits per heavy atom. The van der Waals surface area contributed by atoms with E-state index in [9.17, 15) is 13.6 Å². The molecule has 0 aromatic heterocycles. The third-order valence-corrected chi connectivity index (χ3v) is 2.22. The molecule has 1 aromatic carbocycles. The minimum Gasteiger partial charge on any atom is -0.398 e. The number of nitrogens with one attached hydrogen (secondary N) is 1. The maximum Gasteiger partial charge on any atom is 0.253 e. The number of carbonyl (C=O) groups excluding carboxylic acids is 1. The summed E-state index contributed by atoms with van der Waals surface area (Å²) in [6, 6.07) is 1.55. The largest absolute Gasteiger partial charge is 0.398 e. The topological polar surface area (TPSA) is 64.3 Å². The first kappa shape index (κ1) is 15.1. The van der Waals surface area contributed by atoms with Crippen molar-refractivity contribution in [3.8, 4) is 0 Å². The van der Waals surface area contributed by atoms with Crippen LogP contribution >= 0.6 is 0 Å². The molecular formula is C13H16F2N2O2. The van der Waals surface area contributed by atoms with Crippen molar-refractivity contribution in [1.29, 1.82) is 0 Å². The molecule has 0 heterocycles. The Kier molecular flexibility index (Phi) is 5.44. The van der Waals surface area contributed by atoms with Gasteiger partial charge in [-0.1, -0.05) is 12.2 Å². The Morgan fingerprint density at radius 1 is 1.42 bits per heavy atom. The zero-order valence-electron chi connectivity index (χ0n) is 10.6. The van der Waals surface area contributed by atoms with Crippen LogP contribution < -0.4 is 11.1 Å². The van der Waals surface area contributed by atoms with Crippen molar-refractivity contribution < 1.29 is 18.3 Å². The van der Waals surface area contributed by atoms with Crippen molar-refractivity contribution in [2.75, 3.05) is 25.5 Å². The van der Waals surface area contributed by atoms with Crippen LogP contribution in [0.3, 0.4) is 0 Å². The molecule has 0 saturated carbocycles. The van der Waals surface area contributed by atoms with Gasteiger partial charge in [0.25, 0.3) is 5.91 Å². The van der Waals surface area contributed by atoms with Gasteiger partial charge >= 0.3 is 0 Å². The highest BCUT2D eigenvalue weighted by atomic mass is 19.2. The molecule has 0 bridgehead atoms. The van der Waals surface area contributed by atoms with Gasteiger partial charge in [0.1, 0.15) is 0 Å². The number of rotatable bonds is 6. The highest BCUT2D eigenvalue weighted by Gasteiger charge is 2.13. The number of nitrogen functional groups attached to an aromatic ring is 1. The van der Waals surface area contributed by atoms with E-state index in [1.54, 1.807) is 0 Å². The fraction of sp³-hybridized carbons (Fsp3) is 0.308. The molecule has 104 valence electrons. The van der Waals surface area contributed by atoms with Crippen LogP contribution in [0.15, 0.2) is 24.3 Å². The van der Waals surface area contributed by atoms with E-state index in [-0.39, 0.29) is 17.8 Å². The van der Waals surface area contributed by atoms with Crippen LogP contribution in [0.2, 0.25) is 0 Å². The summed E-state index contributed by atoms with van der Waals surface area (Å²) in [6.07, 6.45) is 0. The Labute approximate surface area is 110 Å². The van der Waals surface area contributed by atoms with Crippen LogP contribution in [-0.2, 0) is 4.74 Å². The lowest BCUT2D eigenvalue weighted by atomic mass is 10.1. The average Bonchev–Trinajstić information content (AvgIpc) is 2.32. The van der Waals surface area contributed by atoms with Crippen molar-refractivity contribution >= 4 is 11.6 Å². The molecule has 0 atom stereocenters. The zero-order chi connectivity index (χ0) is 14.4. The van der Waals surface area contributed by atoms with Crippen LogP contribution in [0.5, 0.6) is 0 Å². The van der Waals surface area contributed by atoms with Gasteiger partial charge in [-0.15, -0.1) is 0 Å². The standard InChI is InChI=1S/C13H16F2N2O2/c1-8(2)7-19-4-3-17-13(18)9-5-10(14)11(15)6-12(9)16/h5-6H,1,3-4,7,16H2,2H3,(H,17,18). The minimum absolute atomic E-state index is 0.0983. The Hall–Kier alpha value is -1.95. The monoisotopic (exact) mass is 270 g/mol. The highest BCUT2D eigenvalue weighted by Crippen LogP contribution is 2.16.